The number of nitrogens with zero attached hydrogens (tertiary/aromatic N) is 1. The van der Waals surface area contributed by atoms with Crippen molar-refractivity contribution in [3.8, 4) is 0 Å². The molecule has 1 amide bonds. The number of carbonyl (C=O) groups excluding carboxylic acids is 1. The number of rotatable bonds is 6. The molecule has 0 N–H and O–H groups in total. The van der Waals surface area contributed by atoms with Crippen LogP contribution in [0.4, 0.5) is 0 Å². The van der Waals surface area contributed by atoms with Crippen LogP contribution in [0.3, 0.4) is 0 Å². The molecule has 0 aromatic heterocycles. The van der Waals surface area contributed by atoms with Crippen molar-refractivity contribution in [3.05, 3.63) is 77.9 Å². The average Bonchev–Trinajstić information content (AvgIpc) is 2.72. The molecule has 1 fully saturated rings. The van der Waals surface area contributed by atoms with E-state index in [4.69, 9.17) is 4.74 Å². The van der Waals surface area contributed by atoms with Gasteiger partial charge in [0.2, 0.25) is 0 Å². The van der Waals surface area contributed by atoms with E-state index < -0.39 is 0 Å². The zero-order chi connectivity index (χ0) is 18.2. The highest BCUT2D eigenvalue weighted by Gasteiger charge is 2.27. The molecule has 2 aromatic rings. The lowest BCUT2D eigenvalue weighted by molar-refractivity contribution is 0.0157. The first-order valence-electron chi connectivity index (χ1n) is 9.41. The van der Waals surface area contributed by atoms with Crippen LogP contribution in [-0.2, 0) is 4.74 Å². The predicted molar refractivity (Wildman–Crippen MR) is 106 cm³/mol. The minimum absolute atomic E-state index is 0.142. The standard InChI is InChI=1S/C23H27NO2/c1-19(26-18-8-11-20-9-4-2-5-10-20)21-14-16-24(17-15-21)23(25)22-12-6-3-7-13-22/h2-13,19,21H,14-18H2,1H3/b11-8+. The summed E-state index contributed by atoms with van der Waals surface area (Å²) in [5, 5.41) is 0. The number of carbonyl (C=O) groups is 1. The summed E-state index contributed by atoms with van der Waals surface area (Å²) in [6.07, 6.45) is 6.38. The van der Waals surface area contributed by atoms with Crippen LogP contribution in [0.5, 0.6) is 0 Å². The van der Waals surface area contributed by atoms with Crippen molar-refractivity contribution in [2.45, 2.75) is 25.9 Å². The lowest BCUT2D eigenvalue weighted by Gasteiger charge is -2.34. The highest BCUT2D eigenvalue weighted by Crippen LogP contribution is 2.23. The second-order valence-electron chi connectivity index (χ2n) is 6.85. The number of benzene rings is 2. The maximum atomic E-state index is 12.5. The van der Waals surface area contributed by atoms with Crippen molar-refractivity contribution in [2.24, 2.45) is 5.92 Å². The molecule has 1 heterocycles. The first kappa shape index (κ1) is 18.4. The van der Waals surface area contributed by atoms with Gasteiger partial charge in [-0.1, -0.05) is 60.7 Å². The largest absolute Gasteiger partial charge is 0.374 e. The van der Waals surface area contributed by atoms with Gasteiger partial charge in [0.05, 0.1) is 12.7 Å². The Morgan fingerprint density at radius 2 is 1.69 bits per heavy atom. The van der Waals surface area contributed by atoms with Crippen molar-refractivity contribution in [1.82, 2.24) is 4.90 Å². The molecule has 1 aliphatic rings. The number of amides is 1. The minimum atomic E-state index is 0.142. The zero-order valence-electron chi connectivity index (χ0n) is 15.4. The van der Waals surface area contributed by atoms with Gasteiger partial charge in [-0.25, -0.2) is 0 Å². The van der Waals surface area contributed by atoms with Crippen LogP contribution in [0.15, 0.2) is 66.7 Å². The van der Waals surface area contributed by atoms with E-state index in [1.54, 1.807) is 0 Å². The molecule has 0 bridgehead atoms. The van der Waals surface area contributed by atoms with Crippen LogP contribution in [0.25, 0.3) is 6.08 Å². The van der Waals surface area contributed by atoms with Crippen molar-refractivity contribution in [3.63, 3.8) is 0 Å². The predicted octanol–water partition coefficient (Wildman–Crippen LogP) is 4.66. The van der Waals surface area contributed by atoms with E-state index >= 15 is 0 Å². The Morgan fingerprint density at radius 3 is 2.35 bits per heavy atom. The Labute approximate surface area is 156 Å². The topological polar surface area (TPSA) is 29.5 Å². The molecule has 26 heavy (non-hydrogen) atoms. The molecule has 1 atom stereocenters. The van der Waals surface area contributed by atoms with Crippen LogP contribution in [0, 0.1) is 5.92 Å². The molecular formula is C23H27NO2. The van der Waals surface area contributed by atoms with E-state index in [9.17, 15) is 4.79 Å². The smallest absolute Gasteiger partial charge is 0.253 e. The SMILES string of the molecule is CC(OC/C=C/c1ccccc1)C1CCN(C(=O)c2ccccc2)CC1. The normalized spacial score (nSPS) is 16.7. The highest BCUT2D eigenvalue weighted by atomic mass is 16.5. The molecule has 3 nitrogen and oxygen atoms in total. The van der Waals surface area contributed by atoms with Crippen molar-refractivity contribution in [2.75, 3.05) is 19.7 Å². The molecule has 0 spiro atoms. The average molecular weight is 349 g/mol. The molecule has 3 rings (SSSR count). The third-order valence-corrected chi connectivity index (χ3v) is 5.08. The van der Waals surface area contributed by atoms with Crippen molar-refractivity contribution < 1.29 is 9.53 Å². The van der Waals surface area contributed by atoms with Crippen LogP contribution < -0.4 is 0 Å². The molecule has 1 unspecified atom stereocenters. The minimum Gasteiger partial charge on any atom is -0.374 e. The fourth-order valence-corrected chi connectivity index (χ4v) is 3.43. The number of hydrogen-bond acceptors (Lipinski definition) is 2. The maximum absolute atomic E-state index is 12.5. The molecule has 3 heteroatoms. The number of likely N-dealkylation sites (tertiary alicyclic amines) is 1. The van der Waals surface area contributed by atoms with Crippen LogP contribution in [0.1, 0.15) is 35.7 Å². The molecule has 0 radical (unpaired) electrons. The molecule has 1 aliphatic heterocycles. The number of ether oxygens (including phenoxy) is 1. The maximum Gasteiger partial charge on any atom is 0.253 e. The summed E-state index contributed by atoms with van der Waals surface area (Å²) < 4.78 is 5.99. The highest BCUT2D eigenvalue weighted by molar-refractivity contribution is 5.94. The Kier molecular flexibility index (Phi) is 6.62. The van der Waals surface area contributed by atoms with E-state index in [1.807, 2.05) is 53.4 Å². The van der Waals surface area contributed by atoms with Gasteiger partial charge in [-0.15, -0.1) is 0 Å². The summed E-state index contributed by atoms with van der Waals surface area (Å²) in [6, 6.07) is 19.8. The summed E-state index contributed by atoms with van der Waals surface area (Å²) in [7, 11) is 0. The number of hydrogen-bond donors (Lipinski definition) is 0. The molecular weight excluding hydrogens is 322 g/mol. The van der Waals surface area contributed by atoms with Gasteiger partial charge < -0.3 is 9.64 Å². The fourth-order valence-electron chi connectivity index (χ4n) is 3.43. The van der Waals surface area contributed by atoms with Crippen LogP contribution in [-0.4, -0.2) is 36.6 Å². The van der Waals surface area contributed by atoms with Gasteiger partial charge in [0.15, 0.2) is 0 Å². The van der Waals surface area contributed by atoms with Gasteiger partial charge in [-0.05, 0) is 43.4 Å². The lowest BCUT2D eigenvalue weighted by atomic mass is 9.91. The van der Waals surface area contributed by atoms with Gasteiger partial charge in [0.25, 0.3) is 5.91 Å². The molecule has 0 aliphatic carbocycles. The summed E-state index contributed by atoms with van der Waals surface area (Å²) >= 11 is 0. The summed E-state index contributed by atoms with van der Waals surface area (Å²) in [5.41, 5.74) is 1.97. The van der Waals surface area contributed by atoms with E-state index in [1.165, 1.54) is 5.56 Å². The quantitative estimate of drug-likeness (QED) is 0.759. The first-order chi connectivity index (χ1) is 12.7. The Bertz CT molecular complexity index is 704. The van der Waals surface area contributed by atoms with Gasteiger partial charge in [-0.3, -0.25) is 4.79 Å². The van der Waals surface area contributed by atoms with Gasteiger partial charge in [0.1, 0.15) is 0 Å². The Hall–Kier alpha value is -2.39. The van der Waals surface area contributed by atoms with Crippen LogP contribution >= 0.6 is 0 Å². The van der Waals surface area contributed by atoms with E-state index in [0.29, 0.717) is 12.5 Å². The zero-order valence-corrected chi connectivity index (χ0v) is 15.4. The van der Waals surface area contributed by atoms with Crippen LogP contribution in [0.2, 0.25) is 0 Å². The van der Waals surface area contributed by atoms with Gasteiger partial charge >= 0.3 is 0 Å². The monoisotopic (exact) mass is 349 g/mol. The molecule has 0 saturated carbocycles. The third kappa shape index (κ3) is 5.06. The van der Waals surface area contributed by atoms with E-state index in [-0.39, 0.29) is 12.0 Å². The summed E-state index contributed by atoms with van der Waals surface area (Å²) in [4.78, 5) is 14.5. The van der Waals surface area contributed by atoms with Gasteiger partial charge in [0, 0.05) is 18.7 Å². The Morgan fingerprint density at radius 1 is 1.08 bits per heavy atom. The second-order valence-corrected chi connectivity index (χ2v) is 6.85. The summed E-state index contributed by atoms with van der Waals surface area (Å²) in [6.45, 7) is 4.40. The van der Waals surface area contributed by atoms with Gasteiger partial charge in [-0.2, -0.15) is 0 Å². The first-order valence-corrected chi connectivity index (χ1v) is 9.41. The van der Waals surface area contributed by atoms with E-state index in [2.05, 4.69) is 31.2 Å². The Balaban J connectivity index is 1.41. The lowest BCUT2D eigenvalue weighted by Crippen LogP contribution is -2.41. The molecule has 2 aromatic carbocycles. The molecule has 136 valence electrons. The van der Waals surface area contributed by atoms with Crippen molar-refractivity contribution in [1.29, 1.82) is 0 Å². The van der Waals surface area contributed by atoms with Crippen molar-refractivity contribution >= 4 is 12.0 Å². The number of piperidine rings is 1. The fraction of sp³-hybridized carbons (Fsp3) is 0.348. The third-order valence-electron chi connectivity index (χ3n) is 5.08. The van der Waals surface area contributed by atoms with E-state index in [0.717, 1.165) is 31.5 Å². The summed E-state index contributed by atoms with van der Waals surface area (Å²) in [5.74, 6) is 0.656. The molecule has 1 saturated heterocycles. The second kappa shape index (κ2) is 9.35.